The van der Waals surface area contributed by atoms with Crippen molar-refractivity contribution in [2.45, 2.75) is 38.3 Å². The van der Waals surface area contributed by atoms with E-state index in [1.165, 1.54) is 0 Å². The second kappa shape index (κ2) is 6.41. The van der Waals surface area contributed by atoms with E-state index < -0.39 is 0 Å². The fourth-order valence-corrected chi connectivity index (χ4v) is 3.38. The van der Waals surface area contributed by atoms with Crippen molar-refractivity contribution >= 4 is 17.2 Å². The zero-order valence-electron chi connectivity index (χ0n) is 11.7. The monoisotopic (exact) mass is 305 g/mol. The highest BCUT2D eigenvalue weighted by molar-refractivity contribution is 7.13. The Balaban J connectivity index is 1.50. The molecule has 1 saturated carbocycles. The zero-order valence-corrected chi connectivity index (χ0v) is 12.6. The highest BCUT2D eigenvalue weighted by atomic mass is 32.1. The summed E-state index contributed by atoms with van der Waals surface area (Å²) in [6.45, 7) is 0.398. The molecule has 1 aliphatic carbocycles. The maximum absolute atomic E-state index is 11.9. The largest absolute Gasteiger partial charge is 0.443 e. The molecule has 1 amide bonds. The molecule has 3 rings (SSSR count). The normalized spacial score (nSPS) is 21.6. The number of nitrogens with zero attached hydrogens (tertiary/aromatic N) is 1. The number of nitrogens with one attached hydrogen (secondary N) is 1. The van der Waals surface area contributed by atoms with Crippen LogP contribution in [0, 0.1) is 5.92 Å². The summed E-state index contributed by atoms with van der Waals surface area (Å²) in [5, 5.41) is 4.87. The van der Waals surface area contributed by atoms with Crippen LogP contribution in [0.3, 0.4) is 0 Å². The summed E-state index contributed by atoms with van der Waals surface area (Å²) in [5.74, 6) is 0.967. The third-order valence-electron chi connectivity index (χ3n) is 3.92. The molecule has 2 aromatic heterocycles. The van der Waals surface area contributed by atoms with Gasteiger partial charge in [-0.05, 0) is 30.2 Å². The summed E-state index contributed by atoms with van der Waals surface area (Å²) in [7, 11) is 0. The van der Waals surface area contributed by atoms with Gasteiger partial charge in [-0.15, -0.1) is 11.3 Å². The molecule has 5 nitrogen and oxygen atoms in total. The van der Waals surface area contributed by atoms with Crippen molar-refractivity contribution in [3.8, 4) is 10.8 Å². The molecule has 0 aromatic carbocycles. The predicted molar refractivity (Wildman–Crippen MR) is 81.6 cm³/mol. The lowest BCUT2D eigenvalue weighted by atomic mass is 10.00. The van der Waals surface area contributed by atoms with Gasteiger partial charge in [0.05, 0.1) is 17.1 Å². The molecule has 6 heteroatoms. The Morgan fingerprint density at radius 3 is 3.14 bits per heavy atom. The summed E-state index contributed by atoms with van der Waals surface area (Å²) < 4.78 is 5.42. The highest BCUT2D eigenvalue weighted by Crippen LogP contribution is 2.27. The fraction of sp³-hybridized carbons (Fsp3) is 0.467. The number of hydrogen-bond acceptors (Lipinski definition) is 5. The molecule has 112 valence electrons. The number of oxazole rings is 1. The number of amides is 1. The smallest absolute Gasteiger partial charge is 0.236 e. The van der Waals surface area contributed by atoms with Gasteiger partial charge in [0, 0.05) is 12.5 Å². The Kier molecular flexibility index (Phi) is 4.36. The molecule has 0 saturated heterocycles. The molecular formula is C15H19N3O2S. The second-order valence-electron chi connectivity index (χ2n) is 5.46. The van der Waals surface area contributed by atoms with Crippen LogP contribution in [0.4, 0.5) is 0 Å². The topological polar surface area (TPSA) is 81.2 Å². The lowest BCUT2D eigenvalue weighted by molar-refractivity contribution is -0.122. The molecule has 0 radical (unpaired) electrons. The first-order valence-corrected chi connectivity index (χ1v) is 8.11. The van der Waals surface area contributed by atoms with E-state index in [0.717, 1.165) is 29.8 Å². The van der Waals surface area contributed by atoms with Crippen LogP contribution < -0.4 is 11.1 Å². The number of thiophene rings is 1. The maximum Gasteiger partial charge on any atom is 0.236 e. The van der Waals surface area contributed by atoms with Crippen LogP contribution in [-0.4, -0.2) is 16.9 Å². The number of rotatable bonds is 5. The number of carbonyl (C=O) groups excluding carboxylic acids is 1. The van der Waals surface area contributed by atoms with E-state index in [2.05, 4.69) is 10.3 Å². The molecule has 1 fully saturated rings. The van der Waals surface area contributed by atoms with Crippen molar-refractivity contribution in [2.24, 2.45) is 11.7 Å². The van der Waals surface area contributed by atoms with Gasteiger partial charge in [0.25, 0.3) is 0 Å². The van der Waals surface area contributed by atoms with Crippen molar-refractivity contribution in [3.05, 3.63) is 29.5 Å². The molecule has 2 atom stereocenters. The van der Waals surface area contributed by atoms with Gasteiger partial charge in [-0.25, -0.2) is 4.98 Å². The lowest BCUT2D eigenvalue weighted by Gasteiger charge is -2.14. The Bertz CT molecular complexity index is 594. The summed E-state index contributed by atoms with van der Waals surface area (Å²) in [5.41, 5.74) is 6.72. The van der Waals surface area contributed by atoms with Gasteiger partial charge in [-0.1, -0.05) is 12.5 Å². The van der Waals surface area contributed by atoms with E-state index in [0.29, 0.717) is 24.8 Å². The summed E-state index contributed by atoms with van der Waals surface area (Å²) in [6.07, 6.45) is 5.33. The molecule has 0 spiro atoms. The predicted octanol–water partition coefficient (Wildman–Crippen LogP) is 2.54. The van der Waals surface area contributed by atoms with E-state index in [9.17, 15) is 4.79 Å². The van der Waals surface area contributed by atoms with E-state index in [1.54, 1.807) is 17.6 Å². The van der Waals surface area contributed by atoms with Crippen molar-refractivity contribution in [2.75, 3.05) is 0 Å². The van der Waals surface area contributed by atoms with Crippen LogP contribution >= 0.6 is 11.3 Å². The van der Waals surface area contributed by atoms with Crippen molar-refractivity contribution in [1.82, 2.24) is 10.3 Å². The SMILES string of the molecule is N[C@@H]1CCC[C@H]1CC(=O)NCc1coc(-c2cccs2)n1. The standard InChI is InChI=1S/C15H19N3O2S/c16-12-4-1-3-10(12)7-14(19)17-8-11-9-20-15(18-11)13-5-2-6-21-13/h2,5-6,9-10,12H,1,3-4,7-8,16H2,(H,17,19)/t10-,12+/m0/s1. The van der Waals surface area contributed by atoms with E-state index in [-0.39, 0.29) is 11.9 Å². The quantitative estimate of drug-likeness (QED) is 0.889. The minimum atomic E-state index is 0.0398. The zero-order chi connectivity index (χ0) is 14.7. The molecule has 0 aliphatic heterocycles. The Morgan fingerprint density at radius 2 is 2.43 bits per heavy atom. The first kappa shape index (κ1) is 14.3. The fourth-order valence-electron chi connectivity index (χ4n) is 2.72. The van der Waals surface area contributed by atoms with E-state index in [4.69, 9.17) is 10.2 Å². The van der Waals surface area contributed by atoms with Gasteiger partial charge in [-0.2, -0.15) is 0 Å². The van der Waals surface area contributed by atoms with Gasteiger partial charge >= 0.3 is 0 Å². The Hall–Kier alpha value is -1.66. The van der Waals surface area contributed by atoms with Crippen LogP contribution in [0.2, 0.25) is 0 Å². The number of nitrogens with two attached hydrogens (primary N) is 1. The molecule has 21 heavy (non-hydrogen) atoms. The number of carbonyl (C=O) groups is 1. The minimum Gasteiger partial charge on any atom is -0.443 e. The van der Waals surface area contributed by atoms with Gasteiger partial charge < -0.3 is 15.5 Å². The molecular weight excluding hydrogens is 286 g/mol. The first-order chi connectivity index (χ1) is 10.2. The van der Waals surface area contributed by atoms with Gasteiger partial charge in [0.15, 0.2) is 0 Å². The van der Waals surface area contributed by atoms with Crippen molar-refractivity contribution in [1.29, 1.82) is 0 Å². The van der Waals surface area contributed by atoms with Crippen LogP contribution in [0.25, 0.3) is 10.8 Å². The summed E-state index contributed by atoms with van der Waals surface area (Å²) in [4.78, 5) is 17.3. The minimum absolute atomic E-state index is 0.0398. The number of hydrogen-bond donors (Lipinski definition) is 2. The molecule has 1 aliphatic rings. The second-order valence-corrected chi connectivity index (χ2v) is 6.40. The average molecular weight is 305 g/mol. The third-order valence-corrected chi connectivity index (χ3v) is 4.77. The van der Waals surface area contributed by atoms with Gasteiger partial charge in [-0.3, -0.25) is 4.79 Å². The Labute approximate surface area is 127 Å². The lowest BCUT2D eigenvalue weighted by Crippen LogP contribution is -2.31. The molecule has 0 bridgehead atoms. The Morgan fingerprint density at radius 1 is 1.52 bits per heavy atom. The van der Waals surface area contributed by atoms with E-state index in [1.807, 2.05) is 17.5 Å². The molecule has 0 unspecified atom stereocenters. The first-order valence-electron chi connectivity index (χ1n) is 7.23. The summed E-state index contributed by atoms with van der Waals surface area (Å²) in [6, 6.07) is 4.09. The maximum atomic E-state index is 11.9. The number of aromatic nitrogens is 1. The molecule has 2 heterocycles. The van der Waals surface area contributed by atoms with Gasteiger partial charge in [0.2, 0.25) is 11.8 Å². The summed E-state index contributed by atoms with van der Waals surface area (Å²) >= 11 is 1.58. The van der Waals surface area contributed by atoms with Crippen molar-refractivity contribution in [3.63, 3.8) is 0 Å². The highest BCUT2D eigenvalue weighted by Gasteiger charge is 2.25. The van der Waals surface area contributed by atoms with Crippen LogP contribution in [-0.2, 0) is 11.3 Å². The average Bonchev–Trinajstić information content (AvgIpc) is 3.18. The van der Waals surface area contributed by atoms with Crippen molar-refractivity contribution < 1.29 is 9.21 Å². The van der Waals surface area contributed by atoms with Crippen LogP contribution in [0.15, 0.2) is 28.2 Å². The molecule has 2 aromatic rings. The van der Waals surface area contributed by atoms with Crippen LogP contribution in [0.5, 0.6) is 0 Å². The van der Waals surface area contributed by atoms with Crippen LogP contribution in [0.1, 0.15) is 31.4 Å². The molecule has 3 N–H and O–H groups in total. The third kappa shape index (κ3) is 3.51. The van der Waals surface area contributed by atoms with E-state index >= 15 is 0 Å². The van der Waals surface area contributed by atoms with Gasteiger partial charge in [0.1, 0.15) is 6.26 Å².